The molecule has 1 N–H and O–H groups in total. The van der Waals surface area contributed by atoms with E-state index in [-0.39, 0.29) is 5.56 Å². The van der Waals surface area contributed by atoms with Gasteiger partial charge in [-0.05, 0) is 17.5 Å². The third kappa shape index (κ3) is 2.41. The number of hydrogen-bond acceptors (Lipinski definition) is 4. The average Bonchev–Trinajstić information content (AvgIpc) is 2.36. The smallest absolute Gasteiger partial charge is 0.280 e. The molecule has 108 valence electrons. The monoisotopic (exact) mass is 275 g/mol. The summed E-state index contributed by atoms with van der Waals surface area (Å²) in [7, 11) is 3.52. The molecule has 0 aliphatic heterocycles. The highest BCUT2D eigenvalue weighted by molar-refractivity contribution is 5.77. The number of rotatable bonds is 2. The number of nitrogens with zero attached hydrogens (tertiary/aromatic N) is 3. The van der Waals surface area contributed by atoms with Crippen LogP contribution in [0.25, 0.3) is 10.9 Å². The van der Waals surface area contributed by atoms with E-state index >= 15 is 0 Å². The molecule has 20 heavy (non-hydrogen) atoms. The Morgan fingerprint density at radius 3 is 2.40 bits per heavy atom. The average molecular weight is 275 g/mol. The first-order valence-electron chi connectivity index (χ1n) is 6.61. The number of para-hydroxylation sites is 1. The molecular weight excluding hydrogens is 254 g/mol. The van der Waals surface area contributed by atoms with Gasteiger partial charge in [-0.3, -0.25) is 4.79 Å². The first-order chi connectivity index (χ1) is 9.23. The van der Waals surface area contributed by atoms with Crippen LogP contribution in [0.1, 0.15) is 32.7 Å². The van der Waals surface area contributed by atoms with Crippen molar-refractivity contribution in [1.82, 2.24) is 9.66 Å². The number of hydrogen-bond donors (Lipinski definition) is 1. The molecule has 2 rings (SSSR count). The van der Waals surface area contributed by atoms with Crippen LogP contribution < -0.4 is 10.6 Å². The molecule has 1 aromatic heterocycles. The molecule has 1 atom stereocenters. The summed E-state index contributed by atoms with van der Waals surface area (Å²) in [5.74, 6) is 0.367. The molecule has 1 aromatic carbocycles. The van der Waals surface area contributed by atoms with E-state index in [0.717, 1.165) is 0 Å². The van der Waals surface area contributed by atoms with Gasteiger partial charge in [-0.15, -0.1) is 0 Å². The van der Waals surface area contributed by atoms with Crippen molar-refractivity contribution < 1.29 is 5.11 Å². The van der Waals surface area contributed by atoms with Crippen molar-refractivity contribution in [2.75, 3.05) is 19.1 Å². The lowest BCUT2D eigenvalue weighted by atomic mass is 9.88. The molecule has 0 radical (unpaired) electrons. The van der Waals surface area contributed by atoms with Crippen molar-refractivity contribution in [2.45, 2.75) is 26.9 Å². The Hall–Kier alpha value is -1.88. The molecule has 0 spiro atoms. The summed E-state index contributed by atoms with van der Waals surface area (Å²) in [5, 5.41) is 12.7. The topological polar surface area (TPSA) is 58.4 Å². The minimum absolute atomic E-state index is 0.168. The van der Waals surface area contributed by atoms with Gasteiger partial charge in [-0.25, -0.2) is 9.66 Å². The normalized spacial score (nSPS) is 13.5. The second-order valence-electron chi connectivity index (χ2n) is 6.22. The molecule has 2 aromatic rings. The van der Waals surface area contributed by atoms with Crippen LogP contribution in [0.4, 0.5) is 0 Å². The third-order valence-electron chi connectivity index (χ3n) is 3.24. The number of aromatic nitrogens is 2. The zero-order valence-electron chi connectivity index (χ0n) is 12.6. The maximum atomic E-state index is 12.6. The number of benzene rings is 1. The molecule has 0 amide bonds. The Bertz CT molecular complexity index is 684. The SMILES string of the molecule is CN(C)n1c(C(O)C(C)(C)C)nc2ccccc2c1=O. The van der Waals surface area contributed by atoms with Crippen molar-refractivity contribution in [2.24, 2.45) is 5.41 Å². The molecule has 0 saturated heterocycles. The van der Waals surface area contributed by atoms with E-state index < -0.39 is 11.5 Å². The van der Waals surface area contributed by atoms with Gasteiger partial charge in [-0.2, -0.15) is 0 Å². The van der Waals surface area contributed by atoms with Gasteiger partial charge in [0.1, 0.15) is 6.10 Å². The van der Waals surface area contributed by atoms with Crippen molar-refractivity contribution in [3.05, 3.63) is 40.4 Å². The van der Waals surface area contributed by atoms with Gasteiger partial charge in [-0.1, -0.05) is 32.9 Å². The standard InChI is InChI=1S/C15H21N3O2/c1-15(2,3)12(19)13-16-11-9-7-6-8-10(11)14(20)18(13)17(4)5/h6-9,12,19H,1-5H3. The van der Waals surface area contributed by atoms with Crippen LogP contribution in [-0.4, -0.2) is 28.9 Å². The van der Waals surface area contributed by atoms with Gasteiger partial charge < -0.3 is 10.1 Å². The Labute approximate surface area is 118 Å². The summed E-state index contributed by atoms with van der Waals surface area (Å²) in [4.78, 5) is 17.1. The quantitative estimate of drug-likeness (QED) is 0.906. The first kappa shape index (κ1) is 14.5. The summed E-state index contributed by atoms with van der Waals surface area (Å²) < 4.78 is 1.43. The van der Waals surface area contributed by atoms with Gasteiger partial charge in [0.2, 0.25) is 0 Å². The highest BCUT2D eigenvalue weighted by Gasteiger charge is 2.29. The highest BCUT2D eigenvalue weighted by atomic mass is 16.3. The van der Waals surface area contributed by atoms with Crippen molar-refractivity contribution >= 4 is 10.9 Å². The number of aliphatic hydroxyl groups excluding tert-OH is 1. The summed E-state index contributed by atoms with van der Waals surface area (Å²) in [6.45, 7) is 5.75. The fourth-order valence-electron chi connectivity index (χ4n) is 2.09. The predicted molar refractivity (Wildman–Crippen MR) is 80.5 cm³/mol. The van der Waals surface area contributed by atoms with E-state index in [1.807, 2.05) is 32.9 Å². The minimum atomic E-state index is -0.831. The molecule has 1 heterocycles. The van der Waals surface area contributed by atoms with E-state index in [9.17, 15) is 9.90 Å². The van der Waals surface area contributed by atoms with Crippen molar-refractivity contribution in [3.8, 4) is 0 Å². The van der Waals surface area contributed by atoms with Crippen molar-refractivity contribution in [3.63, 3.8) is 0 Å². The van der Waals surface area contributed by atoms with Gasteiger partial charge in [0.25, 0.3) is 5.56 Å². The van der Waals surface area contributed by atoms with Crippen LogP contribution in [0.15, 0.2) is 29.1 Å². The number of fused-ring (bicyclic) bond motifs is 1. The zero-order chi connectivity index (χ0) is 15.1. The van der Waals surface area contributed by atoms with Gasteiger partial charge >= 0.3 is 0 Å². The fraction of sp³-hybridized carbons (Fsp3) is 0.467. The summed E-state index contributed by atoms with van der Waals surface area (Å²) in [5.41, 5.74) is 0.0347. The molecule has 0 saturated carbocycles. The van der Waals surface area contributed by atoms with Gasteiger partial charge in [0.05, 0.1) is 10.9 Å². The zero-order valence-corrected chi connectivity index (χ0v) is 12.6. The van der Waals surface area contributed by atoms with Gasteiger partial charge in [0, 0.05) is 14.1 Å². The van der Waals surface area contributed by atoms with Gasteiger partial charge in [0.15, 0.2) is 5.82 Å². The third-order valence-corrected chi connectivity index (χ3v) is 3.24. The second kappa shape index (κ2) is 4.90. The van der Waals surface area contributed by atoms with Crippen LogP contribution in [0.2, 0.25) is 0 Å². The maximum Gasteiger partial charge on any atom is 0.280 e. The largest absolute Gasteiger partial charge is 0.385 e. The molecule has 0 aliphatic rings. The summed E-state index contributed by atoms with van der Waals surface area (Å²) in [6.07, 6.45) is -0.831. The lowest BCUT2D eigenvalue weighted by Gasteiger charge is -2.29. The first-order valence-corrected chi connectivity index (χ1v) is 6.61. The van der Waals surface area contributed by atoms with Crippen LogP contribution in [0.3, 0.4) is 0 Å². The molecule has 5 heteroatoms. The molecule has 0 bridgehead atoms. The Morgan fingerprint density at radius 2 is 1.85 bits per heavy atom. The Morgan fingerprint density at radius 1 is 1.25 bits per heavy atom. The predicted octanol–water partition coefficient (Wildman–Crippen LogP) is 1.67. The Balaban J connectivity index is 2.82. The van der Waals surface area contributed by atoms with Crippen LogP contribution in [-0.2, 0) is 0 Å². The lowest BCUT2D eigenvalue weighted by Crippen LogP contribution is -2.41. The molecule has 1 unspecified atom stereocenters. The van der Waals surface area contributed by atoms with E-state index in [4.69, 9.17) is 0 Å². The van der Waals surface area contributed by atoms with Crippen LogP contribution in [0.5, 0.6) is 0 Å². The van der Waals surface area contributed by atoms with Crippen molar-refractivity contribution in [1.29, 1.82) is 0 Å². The molecule has 0 fully saturated rings. The molecule has 0 aliphatic carbocycles. The number of aliphatic hydroxyl groups is 1. The summed E-state index contributed by atoms with van der Waals surface area (Å²) >= 11 is 0. The van der Waals surface area contributed by atoms with E-state index in [1.54, 1.807) is 31.2 Å². The van der Waals surface area contributed by atoms with Crippen LogP contribution >= 0.6 is 0 Å². The maximum absolute atomic E-state index is 12.6. The van der Waals surface area contributed by atoms with E-state index in [1.165, 1.54) is 4.68 Å². The minimum Gasteiger partial charge on any atom is -0.385 e. The summed E-state index contributed by atoms with van der Waals surface area (Å²) in [6, 6.07) is 7.18. The van der Waals surface area contributed by atoms with E-state index in [2.05, 4.69) is 4.98 Å². The fourth-order valence-corrected chi connectivity index (χ4v) is 2.09. The Kier molecular flexibility index (Phi) is 3.56. The highest BCUT2D eigenvalue weighted by Crippen LogP contribution is 2.31. The van der Waals surface area contributed by atoms with E-state index in [0.29, 0.717) is 16.7 Å². The molecule has 5 nitrogen and oxygen atoms in total. The lowest BCUT2D eigenvalue weighted by molar-refractivity contribution is 0.0508. The van der Waals surface area contributed by atoms with Crippen LogP contribution in [0, 0.1) is 5.41 Å². The molecular formula is C15H21N3O2. The second-order valence-corrected chi connectivity index (χ2v) is 6.22.